The number of hydrogen-bond acceptors (Lipinski definition) is 3. The Morgan fingerprint density at radius 1 is 1.15 bits per heavy atom. The standard InChI is InChI=1S/C16H15BrN2O/c1-10-2-7-14-13(8-10)15(9-20)19-16(18-14)11-3-5-12(17)6-4-11/h2-9,15-16,18-19H,1H3. The third-order valence-electron chi connectivity index (χ3n) is 3.53. The van der Waals surface area contributed by atoms with Gasteiger partial charge in [-0.2, -0.15) is 0 Å². The summed E-state index contributed by atoms with van der Waals surface area (Å²) in [5.41, 5.74) is 4.28. The van der Waals surface area contributed by atoms with E-state index in [1.54, 1.807) is 0 Å². The van der Waals surface area contributed by atoms with Crippen LogP contribution in [0.5, 0.6) is 0 Å². The minimum atomic E-state index is -0.278. The van der Waals surface area contributed by atoms with Crippen LogP contribution in [-0.4, -0.2) is 6.29 Å². The van der Waals surface area contributed by atoms with E-state index in [9.17, 15) is 4.79 Å². The molecule has 0 saturated carbocycles. The van der Waals surface area contributed by atoms with E-state index in [0.29, 0.717) is 0 Å². The summed E-state index contributed by atoms with van der Waals surface area (Å²) in [5.74, 6) is 0. The zero-order valence-electron chi connectivity index (χ0n) is 11.1. The molecule has 3 nitrogen and oxygen atoms in total. The molecule has 4 heteroatoms. The maximum Gasteiger partial charge on any atom is 0.141 e. The van der Waals surface area contributed by atoms with Crippen LogP contribution in [0, 0.1) is 6.92 Å². The van der Waals surface area contributed by atoms with Gasteiger partial charge >= 0.3 is 0 Å². The van der Waals surface area contributed by atoms with E-state index in [-0.39, 0.29) is 12.2 Å². The summed E-state index contributed by atoms with van der Waals surface area (Å²) >= 11 is 3.43. The molecule has 1 aliphatic heterocycles. The number of fused-ring (bicyclic) bond motifs is 1. The van der Waals surface area contributed by atoms with Crippen LogP contribution >= 0.6 is 15.9 Å². The topological polar surface area (TPSA) is 41.1 Å². The molecule has 2 atom stereocenters. The fourth-order valence-electron chi connectivity index (χ4n) is 2.48. The van der Waals surface area contributed by atoms with Gasteiger partial charge in [0.05, 0.1) is 6.04 Å². The van der Waals surface area contributed by atoms with E-state index in [1.165, 1.54) is 0 Å². The lowest BCUT2D eigenvalue weighted by Crippen LogP contribution is -2.37. The van der Waals surface area contributed by atoms with Gasteiger partial charge < -0.3 is 10.1 Å². The Hall–Kier alpha value is -1.65. The molecule has 0 saturated heterocycles. The number of nitrogens with one attached hydrogen (secondary N) is 2. The lowest BCUT2D eigenvalue weighted by molar-refractivity contribution is -0.109. The summed E-state index contributed by atoms with van der Waals surface area (Å²) in [7, 11) is 0. The Morgan fingerprint density at radius 3 is 2.60 bits per heavy atom. The highest BCUT2D eigenvalue weighted by Gasteiger charge is 2.26. The molecule has 1 heterocycles. The fourth-order valence-corrected chi connectivity index (χ4v) is 2.75. The number of carbonyl (C=O) groups excluding carboxylic acids is 1. The molecule has 1 aliphatic rings. The summed E-state index contributed by atoms with van der Waals surface area (Å²) in [6, 6.07) is 13.9. The molecule has 0 fully saturated rings. The van der Waals surface area contributed by atoms with Crippen molar-refractivity contribution in [3.8, 4) is 0 Å². The smallest absolute Gasteiger partial charge is 0.141 e. The molecule has 0 amide bonds. The summed E-state index contributed by atoms with van der Waals surface area (Å²) in [6.45, 7) is 2.03. The van der Waals surface area contributed by atoms with Crippen LogP contribution in [0.2, 0.25) is 0 Å². The number of aldehydes is 1. The molecule has 0 aromatic heterocycles. The lowest BCUT2D eigenvalue weighted by Gasteiger charge is -2.32. The van der Waals surface area contributed by atoms with Gasteiger partial charge in [0.1, 0.15) is 12.5 Å². The van der Waals surface area contributed by atoms with Gasteiger partial charge in [-0.15, -0.1) is 0 Å². The molecule has 0 bridgehead atoms. The molecular formula is C16H15BrN2O. The summed E-state index contributed by atoms with van der Waals surface area (Å²) in [6.07, 6.45) is 0.902. The predicted molar refractivity (Wildman–Crippen MR) is 83.6 cm³/mol. The van der Waals surface area contributed by atoms with Crippen LogP contribution in [0.3, 0.4) is 0 Å². The van der Waals surface area contributed by atoms with Crippen LogP contribution < -0.4 is 10.6 Å². The predicted octanol–water partition coefficient (Wildman–Crippen LogP) is 3.71. The monoisotopic (exact) mass is 330 g/mol. The number of carbonyl (C=O) groups is 1. The number of rotatable bonds is 2. The second-order valence-electron chi connectivity index (χ2n) is 5.00. The lowest BCUT2D eigenvalue weighted by atomic mass is 9.98. The van der Waals surface area contributed by atoms with Crippen molar-refractivity contribution in [1.29, 1.82) is 0 Å². The maximum atomic E-state index is 11.4. The largest absolute Gasteiger partial charge is 0.366 e. The first-order chi connectivity index (χ1) is 9.67. The van der Waals surface area contributed by atoms with E-state index >= 15 is 0 Å². The van der Waals surface area contributed by atoms with E-state index in [0.717, 1.165) is 33.1 Å². The van der Waals surface area contributed by atoms with Gasteiger partial charge in [-0.3, -0.25) is 5.32 Å². The molecule has 2 unspecified atom stereocenters. The van der Waals surface area contributed by atoms with Crippen LogP contribution in [0.1, 0.15) is 28.9 Å². The van der Waals surface area contributed by atoms with E-state index in [2.05, 4.69) is 32.6 Å². The van der Waals surface area contributed by atoms with E-state index in [1.807, 2.05) is 43.3 Å². The van der Waals surface area contributed by atoms with Crippen molar-refractivity contribution in [3.05, 3.63) is 63.6 Å². The van der Waals surface area contributed by atoms with Gasteiger partial charge in [0.2, 0.25) is 0 Å². The molecule has 2 aromatic rings. The number of halogens is 1. The third-order valence-corrected chi connectivity index (χ3v) is 4.06. The highest BCUT2D eigenvalue weighted by Crippen LogP contribution is 2.32. The second-order valence-corrected chi connectivity index (χ2v) is 5.92. The summed E-state index contributed by atoms with van der Waals surface area (Å²) in [5, 5.41) is 6.77. The van der Waals surface area contributed by atoms with E-state index < -0.39 is 0 Å². The van der Waals surface area contributed by atoms with Crippen LogP contribution in [0.15, 0.2) is 46.9 Å². The van der Waals surface area contributed by atoms with Gasteiger partial charge in [0, 0.05) is 10.2 Å². The van der Waals surface area contributed by atoms with Gasteiger partial charge in [0.15, 0.2) is 0 Å². The first kappa shape index (κ1) is 13.3. The molecule has 102 valence electrons. The quantitative estimate of drug-likeness (QED) is 0.825. The Morgan fingerprint density at radius 2 is 1.90 bits per heavy atom. The average molecular weight is 331 g/mol. The third kappa shape index (κ3) is 2.49. The fraction of sp³-hybridized carbons (Fsp3) is 0.188. The normalized spacial score (nSPS) is 20.9. The van der Waals surface area contributed by atoms with Gasteiger partial charge in [-0.05, 0) is 36.2 Å². The number of hydrogen-bond donors (Lipinski definition) is 2. The number of benzene rings is 2. The first-order valence-corrected chi connectivity index (χ1v) is 7.30. The molecule has 2 aromatic carbocycles. The Balaban J connectivity index is 1.96. The highest BCUT2D eigenvalue weighted by atomic mass is 79.9. The van der Waals surface area contributed by atoms with Crippen molar-refractivity contribution in [2.45, 2.75) is 19.1 Å². The van der Waals surface area contributed by atoms with Crippen molar-refractivity contribution in [3.63, 3.8) is 0 Å². The molecule has 0 spiro atoms. The molecule has 20 heavy (non-hydrogen) atoms. The summed E-state index contributed by atoms with van der Waals surface area (Å²) < 4.78 is 1.04. The van der Waals surface area contributed by atoms with E-state index in [4.69, 9.17) is 0 Å². The molecule has 2 N–H and O–H groups in total. The van der Waals surface area contributed by atoms with Crippen LogP contribution in [0.4, 0.5) is 5.69 Å². The van der Waals surface area contributed by atoms with Crippen molar-refractivity contribution in [1.82, 2.24) is 5.32 Å². The van der Waals surface area contributed by atoms with Gasteiger partial charge in [-0.1, -0.05) is 45.8 Å². The molecule has 3 rings (SSSR count). The minimum Gasteiger partial charge on any atom is -0.366 e. The van der Waals surface area contributed by atoms with Crippen molar-refractivity contribution >= 4 is 27.9 Å². The van der Waals surface area contributed by atoms with Crippen LogP contribution in [0.25, 0.3) is 0 Å². The molecule has 0 aliphatic carbocycles. The highest BCUT2D eigenvalue weighted by molar-refractivity contribution is 9.10. The average Bonchev–Trinajstić information content (AvgIpc) is 2.47. The van der Waals surface area contributed by atoms with Crippen LogP contribution in [-0.2, 0) is 4.79 Å². The van der Waals surface area contributed by atoms with Gasteiger partial charge in [-0.25, -0.2) is 0 Å². The van der Waals surface area contributed by atoms with Gasteiger partial charge in [0.25, 0.3) is 0 Å². The Kier molecular flexibility index (Phi) is 3.59. The first-order valence-electron chi connectivity index (χ1n) is 6.51. The molecule has 0 radical (unpaired) electrons. The zero-order valence-corrected chi connectivity index (χ0v) is 12.6. The zero-order chi connectivity index (χ0) is 14.1. The number of aryl methyl sites for hydroxylation is 1. The Bertz CT molecular complexity index is 639. The Labute approximate surface area is 126 Å². The number of anilines is 1. The minimum absolute atomic E-state index is 0.0616. The van der Waals surface area contributed by atoms with Crippen molar-refractivity contribution in [2.24, 2.45) is 0 Å². The SMILES string of the molecule is Cc1ccc2c(c1)C(C=O)NC(c1ccc(Br)cc1)N2. The van der Waals surface area contributed by atoms with Crippen molar-refractivity contribution in [2.75, 3.05) is 5.32 Å². The maximum absolute atomic E-state index is 11.4. The molecular weight excluding hydrogens is 316 g/mol. The summed E-state index contributed by atoms with van der Waals surface area (Å²) in [4.78, 5) is 11.4. The van der Waals surface area contributed by atoms with Crippen molar-refractivity contribution < 1.29 is 4.79 Å². The second kappa shape index (κ2) is 5.38.